The number of amides is 1. The minimum atomic E-state index is -0.397. The molecule has 0 atom stereocenters. The number of aromatic nitrogens is 4. The standard InChI is InChI=1S/C12H17N7OS/c1-4-8-18-19-12(21-8)16-11(20)9-7(17-13)5-14-10(15-9)6(2)3/h5-6,17H,4,13H2,1-3H3,(H,16,19,20). The molecule has 0 spiro atoms. The smallest absolute Gasteiger partial charge is 0.278 e. The predicted octanol–water partition coefficient (Wildman–Crippen LogP) is 1.55. The fourth-order valence-electron chi connectivity index (χ4n) is 1.56. The summed E-state index contributed by atoms with van der Waals surface area (Å²) in [4.78, 5) is 20.7. The van der Waals surface area contributed by atoms with Crippen LogP contribution in [0.2, 0.25) is 0 Å². The van der Waals surface area contributed by atoms with Gasteiger partial charge >= 0.3 is 0 Å². The van der Waals surface area contributed by atoms with E-state index in [9.17, 15) is 4.79 Å². The molecule has 2 aromatic heterocycles. The number of carbonyl (C=O) groups excluding carboxylic acids is 1. The summed E-state index contributed by atoms with van der Waals surface area (Å²) in [5.74, 6) is 5.68. The molecule has 0 fully saturated rings. The van der Waals surface area contributed by atoms with E-state index in [0.717, 1.165) is 11.4 Å². The number of carbonyl (C=O) groups is 1. The van der Waals surface area contributed by atoms with E-state index in [-0.39, 0.29) is 11.6 Å². The van der Waals surface area contributed by atoms with Gasteiger partial charge in [-0.15, -0.1) is 10.2 Å². The number of hydrogen-bond donors (Lipinski definition) is 3. The normalized spacial score (nSPS) is 10.7. The molecule has 0 unspecified atom stereocenters. The van der Waals surface area contributed by atoms with Crippen LogP contribution in [0.25, 0.3) is 0 Å². The zero-order valence-corrected chi connectivity index (χ0v) is 12.9. The largest absolute Gasteiger partial charge is 0.321 e. The SMILES string of the molecule is CCc1nnc(NC(=O)c2nc(C(C)C)ncc2NN)s1. The summed E-state index contributed by atoms with van der Waals surface area (Å²) in [5.41, 5.74) is 2.97. The van der Waals surface area contributed by atoms with Crippen molar-refractivity contribution >= 4 is 28.1 Å². The molecular formula is C12H17N7OS. The molecule has 4 N–H and O–H groups in total. The lowest BCUT2D eigenvalue weighted by Crippen LogP contribution is -2.20. The van der Waals surface area contributed by atoms with E-state index in [1.165, 1.54) is 17.5 Å². The minimum Gasteiger partial charge on any atom is -0.321 e. The number of nitrogens with two attached hydrogens (primary N) is 1. The quantitative estimate of drug-likeness (QED) is 0.566. The van der Waals surface area contributed by atoms with E-state index < -0.39 is 5.91 Å². The fourth-order valence-corrected chi connectivity index (χ4v) is 2.23. The summed E-state index contributed by atoms with van der Waals surface area (Å²) in [7, 11) is 0. The highest BCUT2D eigenvalue weighted by molar-refractivity contribution is 7.15. The number of nitrogen functional groups attached to an aromatic ring is 1. The van der Waals surface area contributed by atoms with Gasteiger partial charge < -0.3 is 5.43 Å². The maximum Gasteiger partial charge on any atom is 0.278 e. The van der Waals surface area contributed by atoms with Gasteiger partial charge in [0.05, 0.1) is 11.9 Å². The number of rotatable bonds is 5. The predicted molar refractivity (Wildman–Crippen MR) is 81.2 cm³/mol. The lowest BCUT2D eigenvalue weighted by Gasteiger charge is -2.10. The van der Waals surface area contributed by atoms with Gasteiger partial charge in [0, 0.05) is 5.92 Å². The van der Waals surface area contributed by atoms with Crippen molar-refractivity contribution in [1.82, 2.24) is 20.2 Å². The number of hydrogen-bond acceptors (Lipinski definition) is 8. The van der Waals surface area contributed by atoms with Crippen molar-refractivity contribution < 1.29 is 4.79 Å². The summed E-state index contributed by atoms with van der Waals surface area (Å²) in [6.07, 6.45) is 2.27. The Morgan fingerprint density at radius 2 is 2.19 bits per heavy atom. The Balaban J connectivity index is 2.26. The van der Waals surface area contributed by atoms with Gasteiger partial charge in [-0.2, -0.15) is 0 Å². The Hall–Kier alpha value is -2.13. The van der Waals surface area contributed by atoms with Crippen LogP contribution in [0.4, 0.5) is 10.8 Å². The Kier molecular flexibility index (Phi) is 4.76. The van der Waals surface area contributed by atoms with Crippen molar-refractivity contribution in [1.29, 1.82) is 0 Å². The van der Waals surface area contributed by atoms with Gasteiger partial charge in [0.15, 0.2) is 5.69 Å². The molecule has 1 amide bonds. The maximum atomic E-state index is 12.3. The third kappa shape index (κ3) is 3.50. The first-order chi connectivity index (χ1) is 10.0. The Morgan fingerprint density at radius 3 is 2.76 bits per heavy atom. The first-order valence-corrected chi connectivity index (χ1v) is 7.34. The fraction of sp³-hybridized carbons (Fsp3) is 0.417. The summed E-state index contributed by atoms with van der Waals surface area (Å²) >= 11 is 1.33. The van der Waals surface area contributed by atoms with Gasteiger partial charge in [0.2, 0.25) is 5.13 Å². The molecule has 0 saturated heterocycles. The monoisotopic (exact) mass is 307 g/mol. The lowest BCUT2D eigenvalue weighted by atomic mass is 10.2. The van der Waals surface area contributed by atoms with Gasteiger partial charge in [0.25, 0.3) is 5.91 Å². The van der Waals surface area contributed by atoms with Crippen LogP contribution >= 0.6 is 11.3 Å². The van der Waals surface area contributed by atoms with Crippen LogP contribution in [0.5, 0.6) is 0 Å². The molecule has 0 aliphatic heterocycles. The highest BCUT2D eigenvalue weighted by atomic mass is 32.1. The van der Waals surface area contributed by atoms with Crippen LogP contribution in [0.15, 0.2) is 6.20 Å². The molecule has 2 rings (SSSR count). The second-order valence-electron chi connectivity index (χ2n) is 4.60. The molecule has 2 heterocycles. The van der Waals surface area contributed by atoms with Gasteiger partial charge in [0.1, 0.15) is 10.8 Å². The molecular weight excluding hydrogens is 290 g/mol. The molecule has 0 bridgehead atoms. The maximum absolute atomic E-state index is 12.3. The Labute approximate surface area is 126 Å². The van der Waals surface area contributed by atoms with E-state index >= 15 is 0 Å². The molecule has 0 aliphatic carbocycles. The van der Waals surface area contributed by atoms with Gasteiger partial charge in [-0.25, -0.2) is 9.97 Å². The second-order valence-corrected chi connectivity index (χ2v) is 5.66. The van der Waals surface area contributed by atoms with Crippen molar-refractivity contribution in [3.8, 4) is 0 Å². The zero-order chi connectivity index (χ0) is 15.4. The molecule has 0 aromatic carbocycles. The Morgan fingerprint density at radius 1 is 1.43 bits per heavy atom. The summed E-state index contributed by atoms with van der Waals surface area (Å²) in [5, 5.41) is 11.8. The van der Waals surface area contributed by atoms with Crippen molar-refractivity contribution in [2.24, 2.45) is 5.84 Å². The van der Waals surface area contributed by atoms with Gasteiger partial charge in [-0.05, 0) is 6.42 Å². The number of aryl methyl sites for hydroxylation is 1. The van der Waals surface area contributed by atoms with Crippen LogP contribution in [-0.4, -0.2) is 26.1 Å². The molecule has 9 heteroatoms. The van der Waals surface area contributed by atoms with Crippen molar-refractivity contribution in [3.05, 3.63) is 22.7 Å². The van der Waals surface area contributed by atoms with Crippen LogP contribution in [0, 0.1) is 0 Å². The van der Waals surface area contributed by atoms with Gasteiger partial charge in [-0.3, -0.25) is 16.0 Å². The van der Waals surface area contributed by atoms with E-state index in [1.807, 2.05) is 20.8 Å². The highest BCUT2D eigenvalue weighted by Gasteiger charge is 2.17. The molecule has 2 aromatic rings. The Bertz CT molecular complexity index is 640. The second kappa shape index (κ2) is 6.55. The third-order valence-corrected chi connectivity index (χ3v) is 3.67. The number of nitrogens with one attached hydrogen (secondary N) is 2. The minimum absolute atomic E-state index is 0.108. The topological polar surface area (TPSA) is 119 Å². The highest BCUT2D eigenvalue weighted by Crippen LogP contribution is 2.19. The number of hydrazine groups is 1. The van der Waals surface area contributed by atoms with Crippen molar-refractivity contribution in [2.45, 2.75) is 33.1 Å². The summed E-state index contributed by atoms with van der Waals surface area (Å²) in [6.45, 7) is 5.87. The van der Waals surface area contributed by atoms with Crippen molar-refractivity contribution in [2.75, 3.05) is 10.7 Å². The van der Waals surface area contributed by atoms with Gasteiger partial charge in [-0.1, -0.05) is 32.1 Å². The molecule has 0 radical (unpaired) electrons. The van der Waals surface area contributed by atoms with E-state index in [1.54, 1.807) is 0 Å². The van der Waals surface area contributed by atoms with E-state index in [4.69, 9.17) is 5.84 Å². The molecule has 8 nitrogen and oxygen atoms in total. The van der Waals surface area contributed by atoms with Crippen LogP contribution < -0.4 is 16.6 Å². The van der Waals surface area contributed by atoms with E-state index in [2.05, 4.69) is 30.9 Å². The van der Waals surface area contributed by atoms with Crippen molar-refractivity contribution in [3.63, 3.8) is 0 Å². The lowest BCUT2D eigenvalue weighted by molar-refractivity contribution is 0.102. The molecule has 112 valence electrons. The third-order valence-electron chi connectivity index (χ3n) is 2.68. The van der Waals surface area contributed by atoms with Crippen LogP contribution in [0.3, 0.4) is 0 Å². The molecule has 0 aliphatic rings. The van der Waals surface area contributed by atoms with E-state index in [0.29, 0.717) is 16.6 Å². The molecule has 0 saturated carbocycles. The summed E-state index contributed by atoms with van der Waals surface area (Å²) < 4.78 is 0. The number of nitrogens with zero attached hydrogens (tertiary/aromatic N) is 4. The summed E-state index contributed by atoms with van der Waals surface area (Å²) in [6, 6.07) is 0. The first-order valence-electron chi connectivity index (χ1n) is 6.52. The average molecular weight is 307 g/mol. The molecule has 21 heavy (non-hydrogen) atoms. The first kappa shape index (κ1) is 15.3. The number of anilines is 2. The van der Waals surface area contributed by atoms with Crippen LogP contribution in [0.1, 0.15) is 48.0 Å². The van der Waals surface area contributed by atoms with Crippen LogP contribution in [-0.2, 0) is 6.42 Å². The zero-order valence-electron chi connectivity index (χ0n) is 12.0. The average Bonchev–Trinajstić information content (AvgIpc) is 2.94.